The van der Waals surface area contributed by atoms with Crippen LogP contribution in [0.3, 0.4) is 0 Å². The summed E-state index contributed by atoms with van der Waals surface area (Å²) in [5.41, 5.74) is 2.12. The van der Waals surface area contributed by atoms with Crippen LogP contribution < -0.4 is 4.74 Å². The number of ether oxygens (including phenoxy) is 1. The molecule has 1 atom stereocenters. The molecule has 0 amide bonds. The van der Waals surface area contributed by atoms with Crippen LogP contribution in [-0.2, 0) is 11.2 Å². The number of esters is 1. The molecule has 0 saturated carbocycles. The van der Waals surface area contributed by atoms with E-state index in [4.69, 9.17) is 4.74 Å². The van der Waals surface area contributed by atoms with Gasteiger partial charge in [-0.15, -0.1) is 0 Å². The first-order chi connectivity index (χ1) is 14.6. The summed E-state index contributed by atoms with van der Waals surface area (Å²) in [6.07, 6.45) is 16.1. The Hall–Kier alpha value is -2.23. The summed E-state index contributed by atoms with van der Waals surface area (Å²) in [5.74, 6) is 1.85. The summed E-state index contributed by atoms with van der Waals surface area (Å²) >= 11 is 0. The molecule has 4 nitrogen and oxygen atoms in total. The second kappa shape index (κ2) is 13.9. The van der Waals surface area contributed by atoms with Crippen molar-refractivity contribution in [3.63, 3.8) is 0 Å². The van der Waals surface area contributed by atoms with Crippen molar-refractivity contribution in [2.75, 3.05) is 0 Å². The van der Waals surface area contributed by atoms with Crippen molar-refractivity contribution in [3.05, 3.63) is 42.2 Å². The predicted molar refractivity (Wildman–Crippen MR) is 123 cm³/mol. The number of rotatable bonds is 14. The summed E-state index contributed by atoms with van der Waals surface area (Å²) in [5, 5.41) is 0. The summed E-state index contributed by atoms with van der Waals surface area (Å²) in [6.45, 7) is 6.70. The first-order valence-corrected chi connectivity index (χ1v) is 11.7. The monoisotopic (exact) mass is 410 g/mol. The van der Waals surface area contributed by atoms with Crippen molar-refractivity contribution < 1.29 is 9.53 Å². The summed E-state index contributed by atoms with van der Waals surface area (Å²) < 4.78 is 5.45. The molecular weight excluding hydrogens is 372 g/mol. The molecule has 164 valence electrons. The zero-order chi connectivity index (χ0) is 21.6. The van der Waals surface area contributed by atoms with Crippen molar-refractivity contribution >= 4 is 5.97 Å². The molecule has 0 fully saturated rings. The van der Waals surface area contributed by atoms with Gasteiger partial charge in [-0.25, -0.2) is 9.97 Å². The lowest BCUT2D eigenvalue weighted by molar-refractivity contribution is -0.134. The van der Waals surface area contributed by atoms with Crippen molar-refractivity contribution in [2.45, 2.75) is 91.4 Å². The maximum absolute atomic E-state index is 12.0. The molecule has 1 unspecified atom stereocenters. The number of unbranched alkanes of at least 4 members (excludes halogenated alkanes) is 5. The van der Waals surface area contributed by atoms with Gasteiger partial charge in [-0.3, -0.25) is 4.79 Å². The number of carbonyl (C=O) groups excluding carboxylic acids is 1. The van der Waals surface area contributed by atoms with Crippen LogP contribution in [0.25, 0.3) is 11.4 Å². The zero-order valence-electron chi connectivity index (χ0n) is 19.0. The lowest BCUT2D eigenvalue weighted by atomic mass is 10.0. The van der Waals surface area contributed by atoms with Crippen LogP contribution in [0.5, 0.6) is 5.75 Å². The fourth-order valence-corrected chi connectivity index (χ4v) is 3.39. The van der Waals surface area contributed by atoms with Crippen LogP contribution in [0, 0.1) is 5.92 Å². The second-order valence-corrected chi connectivity index (χ2v) is 8.34. The Labute approximate surface area is 182 Å². The number of hydrogen-bond donors (Lipinski definition) is 0. The molecule has 1 aromatic carbocycles. The molecule has 30 heavy (non-hydrogen) atoms. The largest absolute Gasteiger partial charge is 0.427 e. The van der Waals surface area contributed by atoms with E-state index in [1.807, 2.05) is 36.7 Å². The first-order valence-electron chi connectivity index (χ1n) is 11.7. The second-order valence-electron chi connectivity index (χ2n) is 8.34. The number of benzene rings is 1. The average Bonchev–Trinajstić information content (AvgIpc) is 2.77. The number of hydrogen-bond acceptors (Lipinski definition) is 4. The molecular formula is C26H38N2O2. The van der Waals surface area contributed by atoms with Crippen LogP contribution in [0.4, 0.5) is 0 Å². The number of aryl methyl sites for hydroxylation is 1. The van der Waals surface area contributed by atoms with Gasteiger partial charge in [0.05, 0.1) is 0 Å². The predicted octanol–water partition coefficient (Wildman–Crippen LogP) is 7.17. The van der Waals surface area contributed by atoms with E-state index >= 15 is 0 Å². The minimum atomic E-state index is -0.161. The summed E-state index contributed by atoms with van der Waals surface area (Å²) in [6, 6.07) is 7.45. The third-order valence-electron chi connectivity index (χ3n) is 5.64. The standard InChI is InChI=1S/C26H38N2O2/c1-4-6-7-8-9-13-22-19-27-26(28-20-22)23-15-17-24(18-16-23)30-25(29)14-11-10-12-21(3)5-2/h15-21H,4-14H2,1-3H3. The molecule has 2 rings (SSSR count). The number of carbonyl (C=O) groups is 1. The van der Waals surface area contributed by atoms with E-state index in [2.05, 4.69) is 30.7 Å². The van der Waals surface area contributed by atoms with Gasteiger partial charge in [0.2, 0.25) is 0 Å². The quantitative estimate of drug-likeness (QED) is 0.188. The summed E-state index contributed by atoms with van der Waals surface area (Å²) in [7, 11) is 0. The lowest BCUT2D eigenvalue weighted by Gasteiger charge is -2.08. The molecule has 0 saturated heterocycles. The van der Waals surface area contributed by atoms with Gasteiger partial charge in [-0.2, -0.15) is 0 Å². The van der Waals surface area contributed by atoms with Gasteiger partial charge in [0.15, 0.2) is 5.82 Å². The van der Waals surface area contributed by atoms with Crippen molar-refractivity contribution in [3.8, 4) is 17.1 Å². The van der Waals surface area contributed by atoms with Crippen LogP contribution in [0.15, 0.2) is 36.7 Å². The highest BCUT2D eigenvalue weighted by Gasteiger charge is 2.07. The Morgan fingerprint density at radius 3 is 2.30 bits per heavy atom. The first kappa shape index (κ1) is 24.0. The minimum Gasteiger partial charge on any atom is -0.427 e. The maximum atomic E-state index is 12.0. The van der Waals surface area contributed by atoms with E-state index in [-0.39, 0.29) is 5.97 Å². The van der Waals surface area contributed by atoms with Gasteiger partial charge < -0.3 is 4.74 Å². The topological polar surface area (TPSA) is 52.1 Å². The lowest BCUT2D eigenvalue weighted by Crippen LogP contribution is -2.07. The number of nitrogens with zero attached hydrogens (tertiary/aromatic N) is 2. The highest BCUT2D eigenvalue weighted by atomic mass is 16.5. The Morgan fingerprint density at radius 1 is 0.933 bits per heavy atom. The van der Waals surface area contributed by atoms with Gasteiger partial charge in [-0.05, 0) is 55.0 Å². The van der Waals surface area contributed by atoms with Crippen LogP contribution in [0.2, 0.25) is 0 Å². The average molecular weight is 411 g/mol. The normalized spacial score (nSPS) is 12.0. The molecule has 0 radical (unpaired) electrons. The SMILES string of the molecule is CCCCCCCc1cnc(-c2ccc(OC(=O)CCCCC(C)CC)cc2)nc1. The Kier molecular flexibility index (Phi) is 11.1. The zero-order valence-corrected chi connectivity index (χ0v) is 19.0. The van der Waals surface area contributed by atoms with Crippen LogP contribution in [0.1, 0.15) is 90.5 Å². The van der Waals surface area contributed by atoms with Gasteiger partial charge >= 0.3 is 5.97 Å². The van der Waals surface area contributed by atoms with E-state index in [0.717, 1.165) is 30.7 Å². The fraction of sp³-hybridized carbons (Fsp3) is 0.577. The van der Waals surface area contributed by atoms with E-state index in [0.29, 0.717) is 18.0 Å². The molecule has 2 aromatic rings. The molecule has 0 aliphatic heterocycles. The fourth-order valence-electron chi connectivity index (χ4n) is 3.39. The van der Waals surface area contributed by atoms with Gasteiger partial charge in [-0.1, -0.05) is 65.7 Å². The Bertz CT molecular complexity index is 726. The van der Waals surface area contributed by atoms with E-state index < -0.39 is 0 Å². The molecule has 0 aliphatic rings. The van der Waals surface area contributed by atoms with Crippen LogP contribution >= 0.6 is 0 Å². The van der Waals surface area contributed by atoms with E-state index in [9.17, 15) is 4.79 Å². The van der Waals surface area contributed by atoms with Crippen molar-refractivity contribution in [2.24, 2.45) is 5.92 Å². The van der Waals surface area contributed by atoms with E-state index in [1.165, 1.54) is 50.5 Å². The highest BCUT2D eigenvalue weighted by Crippen LogP contribution is 2.20. The van der Waals surface area contributed by atoms with Gasteiger partial charge in [0, 0.05) is 24.4 Å². The van der Waals surface area contributed by atoms with Crippen molar-refractivity contribution in [1.29, 1.82) is 0 Å². The van der Waals surface area contributed by atoms with Gasteiger partial charge in [0.25, 0.3) is 0 Å². The van der Waals surface area contributed by atoms with Crippen LogP contribution in [-0.4, -0.2) is 15.9 Å². The third-order valence-corrected chi connectivity index (χ3v) is 5.64. The molecule has 0 bridgehead atoms. The third kappa shape index (κ3) is 9.06. The smallest absolute Gasteiger partial charge is 0.311 e. The minimum absolute atomic E-state index is 0.161. The number of aromatic nitrogens is 2. The summed E-state index contributed by atoms with van der Waals surface area (Å²) in [4.78, 5) is 21.0. The Morgan fingerprint density at radius 2 is 1.63 bits per heavy atom. The maximum Gasteiger partial charge on any atom is 0.311 e. The molecule has 1 heterocycles. The Balaban J connectivity index is 1.76. The van der Waals surface area contributed by atoms with Gasteiger partial charge in [0.1, 0.15) is 5.75 Å². The van der Waals surface area contributed by atoms with E-state index in [1.54, 1.807) is 0 Å². The van der Waals surface area contributed by atoms with Crippen molar-refractivity contribution in [1.82, 2.24) is 9.97 Å². The molecule has 1 aromatic heterocycles. The molecule has 0 aliphatic carbocycles. The highest BCUT2D eigenvalue weighted by molar-refractivity contribution is 5.72. The molecule has 4 heteroatoms. The molecule has 0 spiro atoms. The molecule has 0 N–H and O–H groups in total.